The first-order chi connectivity index (χ1) is 15.8. The van der Waals surface area contributed by atoms with E-state index in [0.29, 0.717) is 22.8 Å². The molecule has 33 heavy (non-hydrogen) atoms. The lowest BCUT2D eigenvalue weighted by Crippen LogP contribution is -2.31. The zero-order chi connectivity index (χ0) is 23.2. The molecule has 1 aliphatic carbocycles. The van der Waals surface area contributed by atoms with Gasteiger partial charge in [0.1, 0.15) is 5.82 Å². The summed E-state index contributed by atoms with van der Waals surface area (Å²) >= 11 is 1.31. The number of allylic oxidation sites excluding steroid dienone is 1. The quantitative estimate of drug-likeness (QED) is 0.409. The summed E-state index contributed by atoms with van der Waals surface area (Å²) < 4.78 is 54.3. The molecule has 0 radical (unpaired) electrons. The van der Waals surface area contributed by atoms with Crippen molar-refractivity contribution in [1.29, 1.82) is 0 Å². The molecular weight excluding hydrogens is 450 g/mol. The first-order valence-corrected chi connectivity index (χ1v) is 12.1. The molecule has 0 spiro atoms. The summed E-state index contributed by atoms with van der Waals surface area (Å²) in [5, 5.41) is 9.73. The predicted octanol–water partition coefficient (Wildman–Crippen LogP) is 6.88. The lowest BCUT2D eigenvalue weighted by atomic mass is 9.86. The Kier molecular flexibility index (Phi) is 6.04. The van der Waals surface area contributed by atoms with Gasteiger partial charge in [-0.1, -0.05) is 17.8 Å². The number of benzene rings is 2. The fraction of sp³-hybridized carbons (Fsp3) is 0.385. The van der Waals surface area contributed by atoms with Gasteiger partial charge >= 0.3 is 6.18 Å². The molecule has 0 saturated heterocycles. The maximum absolute atomic E-state index is 13.9. The fourth-order valence-corrected chi connectivity index (χ4v) is 6.12. The van der Waals surface area contributed by atoms with Crippen LogP contribution in [-0.4, -0.2) is 29.2 Å². The summed E-state index contributed by atoms with van der Waals surface area (Å²) in [6.07, 6.45) is 3.88. The second kappa shape index (κ2) is 8.84. The van der Waals surface area contributed by atoms with Crippen molar-refractivity contribution in [2.45, 2.75) is 54.2 Å². The van der Waals surface area contributed by atoms with Gasteiger partial charge in [-0.25, -0.2) is 4.39 Å². The number of rotatable bonds is 2. The highest BCUT2D eigenvalue weighted by Crippen LogP contribution is 2.49. The van der Waals surface area contributed by atoms with Gasteiger partial charge in [-0.2, -0.15) is 13.2 Å². The van der Waals surface area contributed by atoms with Crippen molar-refractivity contribution in [3.63, 3.8) is 0 Å². The standard InChI is InChI=1S/C26H25F4NOS/c27-19-4-7-21-24(14-19)33-23-8-3-18(26(28,29)30)13-22(23)25(21)17-9-11-31(12-10-17)15-16-1-5-20(32)6-2-16/h3-4,7-9,11,13-14,16,20,32H,1-2,5-6,10,12,15H2. The van der Waals surface area contributed by atoms with Crippen molar-refractivity contribution >= 4 is 17.3 Å². The molecule has 0 bridgehead atoms. The van der Waals surface area contributed by atoms with Crippen LogP contribution in [0.2, 0.25) is 0 Å². The van der Waals surface area contributed by atoms with Crippen molar-refractivity contribution in [1.82, 2.24) is 4.90 Å². The van der Waals surface area contributed by atoms with E-state index in [1.54, 1.807) is 6.07 Å². The van der Waals surface area contributed by atoms with E-state index in [-0.39, 0.29) is 11.9 Å². The monoisotopic (exact) mass is 475 g/mol. The molecular formula is C26H25F4NOS. The van der Waals surface area contributed by atoms with Gasteiger partial charge < -0.3 is 10.0 Å². The van der Waals surface area contributed by atoms with Crippen LogP contribution in [0.5, 0.6) is 0 Å². The molecule has 2 heterocycles. The third-order valence-corrected chi connectivity index (χ3v) is 7.93. The SMILES string of the molecule is OC1CCC(CN2C=CC(=C3c4ccc(F)cc4Sc4ccc(C(F)(F)F)cc43)CC2)CC1. The summed E-state index contributed by atoms with van der Waals surface area (Å²) in [5.74, 6) is 0.195. The fourth-order valence-electron chi connectivity index (χ4n) is 5.02. The highest BCUT2D eigenvalue weighted by molar-refractivity contribution is 7.99. The first kappa shape index (κ1) is 22.5. The van der Waals surface area contributed by atoms with Gasteiger partial charge in [0.15, 0.2) is 0 Å². The molecule has 5 rings (SSSR count). The predicted molar refractivity (Wildman–Crippen MR) is 121 cm³/mol. The molecule has 0 aromatic heterocycles. The summed E-state index contributed by atoms with van der Waals surface area (Å²) in [6, 6.07) is 8.32. The van der Waals surface area contributed by atoms with E-state index < -0.39 is 11.7 Å². The van der Waals surface area contributed by atoms with Crippen LogP contribution >= 0.6 is 11.8 Å². The smallest absolute Gasteiger partial charge is 0.393 e. The van der Waals surface area contributed by atoms with Gasteiger partial charge in [0.25, 0.3) is 0 Å². The third-order valence-electron chi connectivity index (χ3n) is 6.79. The van der Waals surface area contributed by atoms with Crippen molar-refractivity contribution in [2.75, 3.05) is 13.1 Å². The molecule has 2 aromatic rings. The van der Waals surface area contributed by atoms with Crippen LogP contribution in [-0.2, 0) is 6.18 Å². The Bertz CT molecular complexity index is 1120. The van der Waals surface area contributed by atoms with Crippen LogP contribution in [0.1, 0.15) is 48.8 Å². The highest BCUT2D eigenvalue weighted by atomic mass is 32.2. The van der Waals surface area contributed by atoms with Gasteiger partial charge in [-0.05, 0) is 103 Å². The van der Waals surface area contributed by atoms with Crippen molar-refractivity contribution < 1.29 is 22.7 Å². The van der Waals surface area contributed by atoms with Crippen LogP contribution in [0.3, 0.4) is 0 Å². The Morgan fingerprint density at radius 1 is 0.970 bits per heavy atom. The molecule has 0 unspecified atom stereocenters. The number of nitrogens with zero attached hydrogens (tertiary/aromatic N) is 1. The van der Waals surface area contributed by atoms with Crippen LogP contribution in [0.15, 0.2) is 64.0 Å². The summed E-state index contributed by atoms with van der Waals surface area (Å²) in [5.41, 5.74) is 2.40. The largest absolute Gasteiger partial charge is 0.416 e. The Morgan fingerprint density at radius 3 is 2.45 bits per heavy atom. The number of aliphatic hydroxyl groups excluding tert-OH is 1. The highest BCUT2D eigenvalue weighted by Gasteiger charge is 2.33. The average Bonchev–Trinajstić information content (AvgIpc) is 2.78. The number of hydrogen-bond donors (Lipinski definition) is 1. The number of aliphatic hydroxyl groups is 1. The van der Waals surface area contributed by atoms with E-state index in [4.69, 9.17) is 0 Å². The lowest BCUT2D eigenvalue weighted by molar-refractivity contribution is -0.137. The summed E-state index contributed by atoms with van der Waals surface area (Å²) in [7, 11) is 0. The molecule has 0 atom stereocenters. The molecule has 3 aliphatic rings. The van der Waals surface area contributed by atoms with E-state index >= 15 is 0 Å². The van der Waals surface area contributed by atoms with E-state index in [2.05, 4.69) is 4.90 Å². The summed E-state index contributed by atoms with van der Waals surface area (Å²) in [4.78, 5) is 3.70. The second-order valence-electron chi connectivity index (χ2n) is 9.09. The van der Waals surface area contributed by atoms with E-state index in [1.165, 1.54) is 36.0 Å². The van der Waals surface area contributed by atoms with Crippen molar-refractivity contribution in [3.05, 3.63) is 76.8 Å². The number of halogens is 4. The van der Waals surface area contributed by atoms with Gasteiger partial charge in [-0.15, -0.1) is 0 Å². The topological polar surface area (TPSA) is 23.5 Å². The van der Waals surface area contributed by atoms with Gasteiger partial charge in [0.2, 0.25) is 0 Å². The Morgan fingerprint density at radius 2 is 1.76 bits per heavy atom. The average molecular weight is 476 g/mol. The third kappa shape index (κ3) is 4.71. The van der Waals surface area contributed by atoms with E-state index in [0.717, 1.165) is 66.4 Å². The Labute approximate surface area is 195 Å². The van der Waals surface area contributed by atoms with Crippen LogP contribution in [0.4, 0.5) is 17.6 Å². The summed E-state index contributed by atoms with van der Waals surface area (Å²) in [6.45, 7) is 1.71. The maximum Gasteiger partial charge on any atom is 0.416 e. The molecule has 2 nitrogen and oxygen atoms in total. The van der Waals surface area contributed by atoms with Gasteiger partial charge in [0.05, 0.1) is 11.7 Å². The van der Waals surface area contributed by atoms with Crippen LogP contribution in [0.25, 0.3) is 5.57 Å². The zero-order valence-corrected chi connectivity index (χ0v) is 18.9. The minimum Gasteiger partial charge on any atom is -0.393 e. The molecule has 2 aromatic carbocycles. The van der Waals surface area contributed by atoms with Crippen LogP contribution in [0, 0.1) is 11.7 Å². The number of alkyl halides is 3. The molecule has 174 valence electrons. The molecule has 0 amide bonds. The molecule has 1 saturated carbocycles. The van der Waals surface area contributed by atoms with Crippen molar-refractivity contribution in [2.24, 2.45) is 5.92 Å². The Hall–Kier alpha value is -2.25. The Balaban J connectivity index is 1.50. The number of fused-ring (bicyclic) bond motifs is 2. The van der Waals surface area contributed by atoms with E-state index in [1.807, 2.05) is 12.3 Å². The minimum atomic E-state index is -4.43. The molecule has 7 heteroatoms. The first-order valence-electron chi connectivity index (χ1n) is 11.3. The second-order valence-corrected chi connectivity index (χ2v) is 10.2. The molecule has 2 aliphatic heterocycles. The molecule has 1 N–H and O–H groups in total. The van der Waals surface area contributed by atoms with E-state index in [9.17, 15) is 22.7 Å². The van der Waals surface area contributed by atoms with Gasteiger partial charge in [-0.3, -0.25) is 0 Å². The normalized spacial score (nSPS) is 25.1. The maximum atomic E-state index is 13.9. The van der Waals surface area contributed by atoms with Gasteiger partial charge in [0, 0.05) is 22.9 Å². The minimum absolute atomic E-state index is 0.176. The zero-order valence-electron chi connectivity index (χ0n) is 18.0. The molecule has 1 fully saturated rings. The van der Waals surface area contributed by atoms with Crippen molar-refractivity contribution in [3.8, 4) is 0 Å². The lowest BCUT2D eigenvalue weighted by Gasteiger charge is -2.33. The number of hydrogen-bond acceptors (Lipinski definition) is 3. The van der Waals surface area contributed by atoms with Crippen LogP contribution < -0.4 is 0 Å².